The average molecular weight is 444 g/mol. The predicted molar refractivity (Wildman–Crippen MR) is 123 cm³/mol. The summed E-state index contributed by atoms with van der Waals surface area (Å²) in [7, 11) is 0. The summed E-state index contributed by atoms with van der Waals surface area (Å²) in [5.41, 5.74) is 1.89. The highest BCUT2D eigenvalue weighted by Crippen LogP contribution is 2.34. The van der Waals surface area contributed by atoms with E-state index in [1.165, 1.54) is 6.07 Å². The first-order valence-electron chi connectivity index (χ1n) is 11.0. The van der Waals surface area contributed by atoms with E-state index in [2.05, 4.69) is 24.1 Å². The number of rotatable bonds is 5. The molecule has 0 unspecified atom stereocenters. The lowest BCUT2D eigenvalue weighted by Crippen LogP contribution is -2.38. The fourth-order valence-corrected chi connectivity index (χ4v) is 5.27. The van der Waals surface area contributed by atoms with Crippen LogP contribution >= 0.6 is 11.8 Å². The molecule has 0 spiro atoms. The van der Waals surface area contributed by atoms with Crippen LogP contribution in [-0.2, 0) is 17.8 Å². The topological polar surface area (TPSA) is 61.4 Å². The van der Waals surface area contributed by atoms with Gasteiger partial charge in [-0.2, -0.15) is 0 Å². The monoisotopic (exact) mass is 443 g/mol. The van der Waals surface area contributed by atoms with Gasteiger partial charge in [-0.15, -0.1) is 11.8 Å². The Morgan fingerprint density at radius 3 is 2.65 bits per heavy atom. The Kier molecular flexibility index (Phi) is 6.65. The number of anilines is 2. The number of piperidine rings is 1. The lowest BCUT2D eigenvalue weighted by atomic mass is 10.1. The summed E-state index contributed by atoms with van der Waals surface area (Å²) in [5.74, 6) is 1.61. The van der Waals surface area contributed by atoms with Crippen molar-refractivity contribution in [2.75, 3.05) is 29.9 Å². The maximum atomic E-state index is 13.5. The first-order chi connectivity index (χ1) is 14.9. The summed E-state index contributed by atoms with van der Waals surface area (Å²) in [6.07, 6.45) is 2.74. The minimum atomic E-state index is -0.184. The van der Waals surface area contributed by atoms with Crippen molar-refractivity contribution in [2.45, 2.75) is 62.8 Å². The highest BCUT2D eigenvalue weighted by molar-refractivity contribution is 8.00. The van der Waals surface area contributed by atoms with Gasteiger partial charge in [0.25, 0.3) is 0 Å². The number of benzene rings is 1. The SMILES string of the molecule is CC(=O)N1CCc2nc(NC(C)C)c(N3CCC(Sc4cccc(F)c4)CC3)nc2C1. The molecule has 1 fully saturated rings. The lowest BCUT2D eigenvalue weighted by Gasteiger charge is -2.35. The highest BCUT2D eigenvalue weighted by Gasteiger charge is 2.27. The molecule has 4 rings (SSSR count). The second-order valence-corrected chi connectivity index (χ2v) is 9.91. The summed E-state index contributed by atoms with van der Waals surface area (Å²) < 4.78 is 13.5. The number of nitrogens with one attached hydrogen (secondary N) is 1. The van der Waals surface area contributed by atoms with Crippen molar-refractivity contribution in [1.82, 2.24) is 14.9 Å². The molecule has 6 nitrogen and oxygen atoms in total. The molecule has 31 heavy (non-hydrogen) atoms. The zero-order valence-electron chi connectivity index (χ0n) is 18.4. The Bertz CT molecular complexity index is 946. The van der Waals surface area contributed by atoms with Crippen molar-refractivity contribution in [3.63, 3.8) is 0 Å². The van der Waals surface area contributed by atoms with Gasteiger partial charge in [0.1, 0.15) is 5.82 Å². The number of thioether (sulfide) groups is 1. The van der Waals surface area contributed by atoms with E-state index in [0.29, 0.717) is 18.3 Å². The van der Waals surface area contributed by atoms with E-state index in [4.69, 9.17) is 9.97 Å². The van der Waals surface area contributed by atoms with Crippen LogP contribution in [0.25, 0.3) is 0 Å². The third-order valence-corrected chi connectivity index (χ3v) is 7.03. The zero-order valence-corrected chi connectivity index (χ0v) is 19.2. The number of carbonyl (C=O) groups is 1. The van der Waals surface area contributed by atoms with Gasteiger partial charge in [0.15, 0.2) is 11.6 Å². The van der Waals surface area contributed by atoms with Crippen LogP contribution in [0.5, 0.6) is 0 Å². The zero-order chi connectivity index (χ0) is 22.0. The first kappa shape index (κ1) is 21.9. The molecule has 0 radical (unpaired) electrons. The Morgan fingerprint density at radius 2 is 1.97 bits per heavy atom. The largest absolute Gasteiger partial charge is 0.365 e. The van der Waals surface area contributed by atoms with Crippen LogP contribution in [0.2, 0.25) is 0 Å². The van der Waals surface area contributed by atoms with Crippen molar-refractivity contribution in [2.24, 2.45) is 0 Å². The summed E-state index contributed by atoms with van der Waals surface area (Å²) in [6, 6.07) is 7.09. The van der Waals surface area contributed by atoms with Crippen LogP contribution < -0.4 is 10.2 Å². The molecule has 2 aromatic rings. The van der Waals surface area contributed by atoms with E-state index in [-0.39, 0.29) is 17.8 Å². The molecule has 8 heteroatoms. The van der Waals surface area contributed by atoms with Crippen molar-refractivity contribution < 1.29 is 9.18 Å². The molecule has 1 saturated heterocycles. The Balaban J connectivity index is 1.50. The molecule has 2 aliphatic heterocycles. The lowest BCUT2D eigenvalue weighted by molar-refractivity contribution is -0.129. The van der Waals surface area contributed by atoms with Gasteiger partial charge in [0, 0.05) is 49.2 Å². The fourth-order valence-electron chi connectivity index (χ4n) is 4.10. The number of aromatic nitrogens is 2. The maximum Gasteiger partial charge on any atom is 0.219 e. The molecule has 166 valence electrons. The molecule has 1 aromatic carbocycles. The predicted octanol–water partition coefficient (Wildman–Crippen LogP) is 4.10. The fraction of sp³-hybridized carbons (Fsp3) is 0.522. The molecule has 1 amide bonds. The molecule has 2 aliphatic rings. The van der Waals surface area contributed by atoms with Crippen molar-refractivity contribution in [1.29, 1.82) is 0 Å². The molecule has 1 N–H and O–H groups in total. The van der Waals surface area contributed by atoms with Crippen molar-refractivity contribution in [3.05, 3.63) is 41.5 Å². The second-order valence-electron chi connectivity index (χ2n) is 8.54. The quantitative estimate of drug-likeness (QED) is 0.751. The average Bonchev–Trinajstić information content (AvgIpc) is 2.73. The van der Waals surface area contributed by atoms with Crippen LogP contribution in [0.4, 0.5) is 16.0 Å². The number of halogens is 1. The van der Waals surface area contributed by atoms with E-state index < -0.39 is 0 Å². The normalized spacial score (nSPS) is 17.1. The molecule has 3 heterocycles. The molecule has 0 atom stereocenters. The summed E-state index contributed by atoms with van der Waals surface area (Å²) >= 11 is 1.75. The number of amides is 1. The van der Waals surface area contributed by atoms with Crippen LogP contribution in [0, 0.1) is 5.82 Å². The summed E-state index contributed by atoms with van der Waals surface area (Å²) in [4.78, 5) is 26.9. The van der Waals surface area contributed by atoms with Crippen LogP contribution in [0.15, 0.2) is 29.2 Å². The van der Waals surface area contributed by atoms with Crippen LogP contribution in [0.1, 0.15) is 45.0 Å². The summed E-state index contributed by atoms with van der Waals surface area (Å²) in [6.45, 7) is 8.79. The van der Waals surface area contributed by atoms with Gasteiger partial charge in [-0.25, -0.2) is 14.4 Å². The number of hydrogen-bond acceptors (Lipinski definition) is 6. The smallest absolute Gasteiger partial charge is 0.219 e. The van der Waals surface area contributed by atoms with Crippen molar-refractivity contribution >= 4 is 29.3 Å². The highest BCUT2D eigenvalue weighted by atomic mass is 32.2. The Morgan fingerprint density at radius 1 is 1.19 bits per heavy atom. The van der Waals surface area contributed by atoms with E-state index in [0.717, 1.165) is 60.3 Å². The molecule has 0 aliphatic carbocycles. The molecular formula is C23H30FN5OS. The molecule has 0 bridgehead atoms. The third-order valence-electron chi connectivity index (χ3n) is 5.70. The van der Waals surface area contributed by atoms with Crippen LogP contribution in [0.3, 0.4) is 0 Å². The number of hydrogen-bond donors (Lipinski definition) is 1. The minimum absolute atomic E-state index is 0.0774. The summed E-state index contributed by atoms with van der Waals surface area (Å²) in [5, 5.41) is 3.93. The number of carbonyl (C=O) groups excluding carboxylic acids is 1. The first-order valence-corrected chi connectivity index (χ1v) is 11.9. The van der Waals surface area contributed by atoms with Gasteiger partial charge in [-0.05, 0) is 44.9 Å². The van der Waals surface area contributed by atoms with Crippen molar-refractivity contribution in [3.8, 4) is 0 Å². The number of fused-ring (bicyclic) bond motifs is 1. The molecule has 0 saturated carbocycles. The van der Waals surface area contributed by atoms with Gasteiger partial charge in [0.05, 0.1) is 17.9 Å². The van der Waals surface area contributed by atoms with Gasteiger partial charge < -0.3 is 15.1 Å². The van der Waals surface area contributed by atoms with Crippen LogP contribution in [-0.4, -0.2) is 51.7 Å². The molecule has 1 aromatic heterocycles. The minimum Gasteiger partial charge on any atom is -0.365 e. The van der Waals surface area contributed by atoms with Gasteiger partial charge in [0.2, 0.25) is 5.91 Å². The van der Waals surface area contributed by atoms with E-state index in [1.807, 2.05) is 11.0 Å². The van der Waals surface area contributed by atoms with Gasteiger partial charge in [-0.3, -0.25) is 4.79 Å². The Hall–Kier alpha value is -2.35. The third kappa shape index (κ3) is 5.29. The number of nitrogens with zero attached hydrogens (tertiary/aromatic N) is 4. The molecular weight excluding hydrogens is 413 g/mol. The van der Waals surface area contributed by atoms with E-state index in [9.17, 15) is 9.18 Å². The van der Waals surface area contributed by atoms with E-state index in [1.54, 1.807) is 30.8 Å². The second kappa shape index (κ2) is 9.42. The maximum absolute atomic E-state index is 13.5. The standard InChI is InChI=1S/C23H30FN5OS/c1-15(2)25-22-23(27-21-14-29(16(3)30)12-9-20(21)26-22)28-10-7-18(8-11-28)31-19-6-4-5-17(24)13-19/h4-6,13,15,18H,7-12,14H2,1-3H3,(H,25,26). The van der Waals surface area contributed by atoms with E-state index >= 15 is 0 Å². The van der Waals surface area contributed by atoms with Gasteiger partial charge in [-0.1, -0.05) is 6.07 Å². The Labute approximate surface area is 187 Å². The van der Waals surface area contributed by atoms with Gasteiger partial charge >= 0.3 is 0 Å².